The number of aliphatic carboxylic acids is 1. The van der Waals surface area contributed by atoms with Crippen molar-refractivity contribution in [2.75, 3.05) is 0 Å². The summed E-state index contributed by atoms with van der Waals surface area (Å²) in [6.07, 6.45) is 0.700. The second-order valence-electron chi connectivity index (χ2n) is 5.47. The van der Waals surface area contributed by atoms with Crippen molar-refractivity contribution in [3.8, 4) is 0 Å². The van der Waals surface area contributed by atoms with E-state index in [1.807, 2.05) is 13.8 Å². The smallest absolute Gasteiger partial charge is 0.326 e. The van der Waals surface area contributed by atoms with Gasteiger partial charge in [0.15, 0.2) is 0 Å². The number of nitrogens with one attached hydrogen (secondary N) is 1. The molecular formula is C15H21ClN2O3. The van der Waals surface area contributed by atoms with Crippen LogP contribution in [0.15, 0.2) is 24.3 Å². The van der Waals surface area contributed by atoms with E-state index in [-0.39, 0.29) is 5.92 Å². The van der Waals surface area contributed by atoms with Gasteiger partial charge in [-0.25, -0.2) is 4.79 Å². The van der Waals surface area contributed by atoms with Gasteiger partial charge in [0.1, 0.15) is 6.04 Å². The van der Waals surface area contributed by atoms with Crippen LogP contribution in [0.5, 0.6) is 0 Å². The number of halogens is 1. The summed E-state index contributed by atoms with van der Waals surface area (Å²) in [5.74, 6) is -1.34. The van der Waals surface area contributed by atoms with Gasteiger partial charge in [0, 0.05) is 5.02 Å². The molecule has 2 atom stereocenters. The van der Waals surface area contributed by atoms with Gasteiger partial charge in [-0.3, -0.25) is 4.79 Å². The maximum atomic E-state index is 12.0. The van der Waals surface area contributed by atoms with E-state index in [1.165, 1.54) is 0 Å². The molecule has 0 heterocycles. The predicted octanol–water partition coefficient (Wildman–Crippen LogP) is 1.83. The maximum Gasteiger partial charge on any atom is 0.326 e. The fourth-order valence-electron chi connectivity index (χ4n) is 1.94. The van der Waals surface area contributed by atoms with Gasteiger partial charge in [-0.1, -0.05) is 37.6 Å². The number of nitrogens with two attached hydrogens (primary N) is 1. The zero-order valence-corrected chi connectivity index (χ0v) is 12.9. The molecule has 4 N–H and O–H groups in total. The highest BCUT2D eigenvalue weighted by Gasteiger charge is 2.24. The Morgan fingerprint density at radius 2 is 1.86 bits per heavy atom. The summed E-state index contributed by atoms with van der Waals surface area (Å²) in [6, 6.07) is 5.32. The number of benzene rings is 1. The third-order valence-electron chi connectivity index (χ3n) is 3.03. The van der Waals surface area contributed by atoms with Crippen LogP contribution >= 0.6 is 11.6 Å². The molecule has 0 bridgehead atoms. The van der Waals surface area contributed by atoms with Gasteiger partial charge >= 0.3 is 5.97 Å². The molecule has 0 saturated heterocycles. The van der Waals surface area contributed by atoms with Gasteiger partial charge < -0.3 is 16.2 Å². The number of carbonyl (C=O) groups is 2. The minimum Gasteiger partial charge on any atom is -0.480 e. The van der Waals surface area contributed by atoms with Gasteiger partial charge in [0.2, 0.25) is 5.91 Å². The van der Waals surface area contributed by atoms with E-state index < -0.39 is 24.0 Å². The second-order valence-corrected chi connectivity index (χ2v) is 5.90. The van der Waals surface area contributed by atoms with Crippen LogP contribution in [-0.4, -0.2) is 29.1 Å². The fraction of sp³-hybridized carbons (Fsp3) is 0.467. The average molecular weight is 313 g/mol. The van der Waals surface area contributed by atoms with E-state index in [9.17, 15) is 9.59 Å². The summed E-state index contributed by atoms with van der Waals surface area (Å²) < 4.78 is 0. The van der Waals surface area contributed by atoms with Crippen LogP contribution < -0.4 is 11.1 Å². The quantitative estimate of drug-likeness (QED) is 0.716. The molecule has 6 heteroatoms. The molecule has 1 rings (SSSR count). The van der Waals surface area contributed by atoms with Crippen molar-refractivity contribution in [3.05, 3.63) is 34.9 Å². The highest BCUT2D eigenvalue weighted by atomic mass is 35.5. The van der Waals surface area contributed by atoms with Crippen molar-refractivity contribution >= 4 is 23.5 Å². The van der Waals surface area contributed by atoms with E-state index in [4.69, 9.17) is 22.4 Å². The third kappa shape index (κ3) is 6.14. The van der Waals surface area contributed by atoms with Crippen molar-refractivity contribution in [2.45, 2.75) is 38.8 Å². The Morgan fingerprint density at radius 1 is 1.29 bits per heavy atom. The molecule has 1 aromatic rings. The Morgan fingerprint density at radius 3 is 2.33 bits per heavy atom. The fourth-order valence-corrected chi connectivity index (χ4v) is 2.06. The zero-order chi connectivity index (χ0) is 16.0. The normalized spacial score (nSPS) is 13.8. The molecule has 0 aromatic heterocycles. The molecule has 5 nitrogen and oxygen atoms in total. The molecule has 0 fully saturated rings. The van der Waals surface area contributed by atoms with Crippen LogP contribution in [-0.2, 0) is 16.0 Å². The van der Waals surface area contributed by atoms with Crippen molar-refractivity contribution in [2.24, 2.45) is 11.7 Å². The Hall–Kier alpha value is -1.59. The number of rotatable bonds is 7. The van der Waals surface area contributed by atoms with E-state index >= 15 is 0 Å². The van der Waals surface area contributed by atoms with Crippen LogP contribution in [0.1, 0.15) is 25.8 Å². The van der Waals surface area contributed by atoms with Gasteiger partial charge in [0.05, 0.1) is 6.04 Å². The van der Waals surface area contributed by atoms with Crippen LogP contribution in [0.4, 0.5) is 0 Å². The standard InChI is InChI=1S/C15H21ClN2O3/c1-9(2)7-13(15(20)21)18-14(19)12(17)8-10-3-5-11(16)6-4-10/h3-6,9,12-13H,7-8,17H2,1-2H3,(H,18,19)(H,20,21)/t12-,13-/m0/s1. The molecular weight excluding hydrogens is 292 g/mol. The predicted molar refractivity (Wildman–Crippen MR) is 82.2 cm³/mol. The van der Waals surface area contributed by atoms with E-state index in [1.54, 1.807) is 24.3 Å². The first kappa shape index (κ1) is 17.5. The van der Waals surface area contributed by atoms with Crippen LogP contribution in [0, 0.1) is 5.92 Å². The topological polar surface area (TPSA) is 92.4 Å². The Kier molecular flexibility index (Phi) is 6.65. The number of hydrogen-bond donors (Lipinski definition) is 3. The Labute approximate surface area is 129 Å². The lowest BCUT2D eigenvalue weighted by Crippen LogP contribution is -2.49. The van der Waals surface area contributed by atoms with E-state index in [0.717, 1.165) is 5.56 Å². The minimum absolute atomic E-state index is 0.166. The van der Waals surface area contributed by atoms with Crippen molar-refractivity contribution < 1.29 is 14.7 Å². The van der Waals surface area contributed by atoms with Gasteiger partial charge in [0.25, 0.3) is 0 Å². The van der Waals surface area contributed by atoms with Gasteiger partial charge in [-0.2, -0.15) is 0 Å². The summed E-state index contributed by atoms with van der Waals surface area (Å²) in [4.78, 5) is 23.1. The van der Waals surface area contributed by atoms with E-state index in [2.05, 4.69) is 5.32 Å². The van der Waals surface area contributed by atoms with Crippen molar-refractivity contribution in [1.82, 2.24) is 5.32 Å². The van der Waals surface area contributed by atoms with Crippen molar-refractivity contribution in [3.63, 3.8) is 0 Å². The molecule has 0 radical (unpaired) electrons. The number of carbonyl (C=O) groups excluding carboxylic acids is 1. The molecule has 1 aromatic carbocycles. The molecule has 0 aliphatic carbocycles. The van der Waals surface area contributed by atoms with Gasteiger partial charge in [-0.05, 0) is 36.5 Å². The summed E-state index contributed by atoms with van der Waals surface area (Å²) in [6.45, 7) is 3.80. The zero-order valence-electron chi connectivity index (χ0n) is 12.2. The second kappa shape index (κ2) is 8.00. The lowest BCUT2D eigenvalue weighted by molar-refractivity contribution is -0.142. The Bertz CT molecular complexity index is 488. The lowest BCUT2D eigenvalue weighted by atomic mass is 10.0. The molecule has 0 unspecified atom stereocenters. The minimum atomic E-state index is -1.05. The molecule has 21 heavy (non-hydrogen) atoms. The third-order valence-corrected chi connectivity index (χ3v) is 3.28. The molecule has 1 amide bonds. The summed E-state index contributed by atoms with van der Waals surface area (Å²) in [5, 5.41) is 12.2. The lowest BCUT2D eigenvalue weighted by Gasteiger charge is -2.19. The summed E-state index contributed by atoms with van der Waals surface area (Å²) in [5.41, 5.74) is 6.70. The number of carboxylic acids is 1. The highest BCUT2D eigenvalue weighted by molar-refractivity contribution is 6.30. The average Bonchev–Trinajstić information content (AvgIpc) is 2.39. The number of hydrogen-bond acceptors (Lipinski definition) is 3. The first-order valence-corrected chi connectivity index (χ1v) is 7.20. The molecule has 0 aliphatic heterocycles. The first-order valence-electron chi connectivity index (χ1n) is 6.82. The highest BCUT2D eigenvalue weighted by Crippen LogP contribution is 2.11. The number of carboxylic acid groups (broad SMARTS) is 1. The SMILES string of the molecule is CC(C)C[C@H](NC(=O)[C@@H](N)Cc1ccc(Cl)cc1)C(=O)O. The molecule has 0 saturated carbocycles. The van der Waals surface area contributed by atoms with E-state index in [0.29, 0.717) is 17.9 Å². The monoisotopic (exact) mass is 312 g/mol. The molecule has 0 aliphatic rings. The maximum absolute atomic E-state index is 12.0. The summed E-state index contributed by atoms with van der Waals surface area (Å²) in [7, 11) is 0. The van der Waals surface area contributed by atoms with Crippen LogP contribution in [0.25, 0.3) is 0 Å². The largest absolute Gasteiger partial charge is 0.480 e. The van der Waals surface area contributed by atoms with Crippen molar-refractivity contribution in [1.29, 1.82) is 0 Å². The first-order chi connectivity index (χ1) is 9.79. The number of amides is 1. The van der Waals surface area contributed by atoms with Crippen LogP contribution in [0.3, 0.4) is 0 Å². The Balaban J connectivity index is 2.60. The molecule has 0 spiro atoms. The molecule has 116 valence electrons. The van der Waals surface area contributed by atoms with Crippen LogP contribution in [0.2, 0.25) is 5.02 Å². The van der Waals surface area contributed by atoms with Gasteiger partial charge in [-0.15, -0.1) is 0 Å². The summed E-state index contributed by atoms with van der Waals surface area (Å²) >= 11 is 5.79.